The van der Waals surface area contributed by atoms with Gasteiger partial charge in [-0.05, 0) is 48.3 Å². The molecule has 0 N–H and O–H groups in total. The quantitative estimate of drug-likeness (QED) is 0.791. The van der Waals surface area contributed by atoms with Crippen molar-refractivity contribution in [3.05, 3.63) is 28.0 Å². The van der Waals surface area contributed by atoms with Crippen LogP contribution in [-0.4, -0.2) is 19.1 Å². The lowest BCUT2D eigenvalue weighted by atomic mass is 10.1. The zero-order valence-electron chi connectivity index (χ0n) is 9.99. The average Bonchev–Trinajstić information content (AvgIpc) is 2.25. The van der Waals surface area contributed by atoms with Crippen molar-refractivity contribution in [1.29, 1.82) is 0 Å². The topological polar surface area (TPSA) is 54.5 Å². The Morgan fingerprint density at radius 1 is 1.33 bits per heavy atom. The van der Waals surface area contributed by atoms with Gasteiger partial charge in [0.1, 0.15) is 5.82 Å². The van der Waals surface area contributed by atoms with Crippen LogP contribution in [0.15, 0.2) is 16.6 Å². The van der Waals surface area contributed by atoms with Gasteiger partial charge in [0.15, 0.2) is 4.75 Å². The number of halogens is 2. The summed E-state index contributed by atoms with van der Waals surface area (Å²) in [5, 5.41) is 0. The number of nitrogens with zero attached hydrogens (tertiary/aromatic N) is 1. The van der Waals surface area contributed by atoms with E-state index in [0.717, 1.165) is 6.07 Å². The SMILES string of the molecule is Cc1cc(Br)c(F)cc1N1C(=O)C(C)(C)S1(=O)=O. The molecule has 1 aromatic rings. The third-order valence-electron chi connectivity index (χ3n) is 3.04. The molecule has 0 saturated carbocycles. The van der Waals surface area contributed by atoms with Gasteiger partial charge in [-0.15, -0.1) is 0 Å². The number of hydrogen-bond acceptors (Lipinski definition) is 3. The highest BCUT2D eigenvalue weighted by Crippen LogP contribution is 2.41. The van der Waals surface area contributed by atoms with Crippen molar-refractivity contribution >= 4 is 37.5 Å². The van der Waals surface area contributed by atoms with Gasteiger partial charge in [-0.25, -0.2) is 17.1 Å². The lowest BCUT2D eigenvalue weighted by molar-refractivity contribution is -0.120. The van der Waals surface area contributed by atoms with Crippen molar-refractivity contribution < 1.29 is 17.6 Å². The summed E-state index contributed by atoms with van der Waals surface area (Å²) in [5.74, 6) is -1.16. The Hall–Kier alpha value is -0.950. The Morgan fingerprint density at radius 3 is 2.39 bits per heavy atom. The molecule has 0 radical (unpaired) electrons. The molecule has 0 atom stereocenters. The fraction of sp³-hybridized carbons (Fsp3) is 0.364. The Balaban J connectivity index is 2.60. The smallest absolute Gasteiger partial charge is 0.263 e. The highest BCUT2D eigenvalue weighted by Gasteiger charge is 2.61. The molecule has 1 fully saturated rings. The van der Waals surface area contributed by atoms with Crippen LogP contribution in [0.1, 0.15) is 19.4 Å². The Kier molecular flexibility index (Phi) is 2.82. The van der Waals surface area contributed by atoms with Gasteiger partial charge >= 0.3 is 0 Å². The molecule has 1 amide bonds. The maximum absolute atomic E-state index is 13.5. The first-order chi connectivity index (χ1) is 8.10. The molecular formula is C11H11BrFNO3S. The summed E-state index contributed by atoms with van der Waals surface area (Å²) < 4.78 is 36.9. The molecule has 0 spiro atoms. The second kappa shape index (κ2) is 3.77. The lowest BCUT2D eigenvalue weighted by Crippen LogP contribution is -2.67. The molecule has 1 aliphatic rings. The second-order valence-electron chi connectivity index (χ2n) is 4.64. The number of anilines is 1. The molecule has 2 rings (SSSR count). The molecule has 98 valence electrons. The molecule has 0 bridgehead atoms. The summed E-state index contributed by atoms with van der Waals surface area (Å²) in [5.41, 5.74) is 0.579. The highest BCUT2D eigenvalue weighted by molar-refractivity contribution is 9.10. The van der Waals surface area contributed by atoms with Gasteiger partial charge in [-0.1, -0.05) is 0 Å². The van der Waals surface area contributed by atoms with E-state index >= 15 is 0 Å². The monoisotopic (exact) mass is 335 g/mol. The molecule has 7 heteroatoms. The minimum atomic E-state index is -3.75. The van der Waals surface area contributed by atoms with Crippen molar-refractivity contribution in [3.63, 3.8) is 0 Å². The Morgan fingerprint density at radius 2 is 1.89 bits per heavy atom. The van der Waals surface area contributed by atoms with Crippen LogP contribution in [0.3, 0.4) is 0 Å². The molecule has 1 aromatic carbocycles. The van der Waals surface area contributed by atoms with E-state index in [0.29, 0.717) is 9.87 Å². The number of hydrogen-bond donors (Lipinski definition) is 0. The molecule has 0 aromatic heterocycles. The molecule has 1 aliphatic heterocycles. The predicted molar refractivity (Wildman–Crippen MR) is 69.3 cm³/mol. The van der Waals surface area contributed by atoms with Crippen LogP contribution in [0.5, 0.6) is 0 Å². The summed E-state index contributed by atoms with van der Waals surface area (Å²) in [7, 11) is -3.75. The summed E-state index contributed by atoms with van der Waals surface area (Å²) in [6.07, 6.45) is 0. The molecule has 1 heterocycles. The van der Waals surface area contributed by atoms with Crippen molar-refractivity contribution in [2.45, 2.75) is 25.5 Å². The van der Waals surface area contributed by atoms with Crippen LogP contribution in [0.2, 0.25) is 0 Å². The normalized spacial score (nSPS) is 20.7. The number of rotatable bonds is 1. The summed E-state index contributed by atoms with van der Waals surface area (Å²) in [6.45, 7) is 4.30. The third kappa shape index (κ3) is 1.53. The van der Waals surface area contributed by atoms with E-state index in [1.54, 1.807) is 6.92 Å². The van der Waals surface area contributed by atoms with E-state index in [4.69, 9.17) is 0 Å². The first kappa shape index (κ1) is 13.5. The number of carbonyl (C=O) groups excluding carboxylic acids is 1. The van der Waals surface area contributed by atoms with Crippen molar-refractivity contribution in [3.8, 4) is 0 Å². The zero-order chi connectivity index (χ0) is 13.9. The second-order valence-corrected chi connectivity index (χ2v) is 7.83. The van der Waals surface area contributed by atoms with Gasteiger partial charge in [0, 0.05) is 6.07 Å². The predicted octanol–water partition coefficient (Wildman–Crippen LogP) is 2.35. The third-order valence-corrected chi connectivity index (χ3v) is 5.96. The van der Waals surface area contributed by atoms with Crippen LogP contribution < -0.4 is 4.31 Å². The van der Waals surface area contributed by atoms with E-state index in [1.807, 2.05) is 0 Å². The maximum atomic E-state index is 13.5. The van der Waals surface area contributed by atoms with Gasteiger partial charge in [0.25, 0.3) is 15.9 Å². The fourth-order valence-electron chi connectivity index (χ4n) is 1.75. The van der Waals surface area contributed by atoms with Crippen LogP contribution in [-0.2, 0) is 14.8 Å². The van der Waals surface area contributed by atoms with Crippen LogP contribution >= 0.6 is 15.9 Å². The molecule has 18 heavy (non-hydrogen) atoms. The first-order valence-corrected chi connectivity index (χ1v) is 7.39. The molecule has 0 aliphatic carbocycles. The molecule has 1 saturated heterocycles. The number of carbonyl (C=O) groups is 1. The maximum Gasteiger partial charge on any atom is 0.263 e. The number of sulfonamides is 1. The standard InChI is InChI=1S/C11H11BrFNO3S/c1-6-4-7(12)8(13)5-9(6)14-10(15)11(2,3)18(14,16)17/h4-5H,1-3H3. The largest absolute Gasteiger partial charge is 0.272 e. The van der Waals surface area contributed by atoms with Crippen molar-refractivity contribution in [2.24, 2.45) is 0 Å². The van der Waals surface area contributed by atoms with E-state index < -0.39 is 26.5 Å². The van der Waals surface area contributed by atoms with E-state index in [2.05, 4.69) is 15.9 Å². The summed E-state index contributed by atoms with van der Waals surface area (Å²) in [4.78, 5) is 11.9. The number of aryl methyl sites for hydroxylation is 1. The lowest BCUT2D eigenvalue weighted by Gasteiger charge is -2.43. The van der Waals surface area contributed by atoms with E-state index in [9.17, 15) is 17.6 Å². The Labute approximate surface area is 113 Å². The minimum Gasteiger partial charge on any atom is -0.272 e. The van der Waals surface area contributed by atoms with Gasteiger partial charge in [-0.3, -0.25) is 4.79 Å². The molecule has 0 unspecified atom stereocenters. The highest BCUT2D eigenvalue weighted by atomic mass is 79.9. The summed E-state index contributed by atoms with van der Waals surface area (Å²) >= 11 is 3.01. The first-order valence-electron chi connectivity index (χ1n) is 5.15. The van der Waals surface area contributed by atoms with Gasteiger partial charge < -0.3 is 0 Å². The summed E-state index contributed by atoms with van der Waals surface area (Å²) in [6, 6.07) is 2.49. The average molecular weight is 336 g/mol. The van der Waals surface area contributed by atoms with Gasteiger partial charge in [0.05, 0.1) is 10.2 Å². The number of benzene rings is 1. The van der Waals surface area contributed by atoms with Gasteiger partial charge in [0.2, 0.25) is 0 Å². The van der Waals surface area contributed by atoms with Crippen LogP contribution in [0.25, 0.3) is 0 Å². The van der Waals surface area contributed by atoms with Crippen LogP contribution in [0.4, 0.5) is 10.1 Å². The van der Waals surface area contributed by atoms with Crippen LogP contribution in [0, 0.1) is 12.7 Å². The zero-order valence-corrected chi connectivity index (χ0v) is 12.4. The van der Waals surface area contributed by atoms with Crippen molar-refractivity contribution in [2.75, 3.05) is 4.31 Å². The Bertz CT molecular complexity index is 654. The van der Waals surface area contributed by atoms with E-state index in [1.165, 1.54) is 19.9 Å². The van der Waals surface area contributed by atoms with Crippen molar-refractivity contribution in [1.82, 2.24) is 0 Å². The fourth-order valence-corrected chi connectivity index (χ4v) is 3.74. The van der Waals surface area contributed by atoms with E-state index in [-0.39, 0.29) is 10.2 Å². The molecular weight excluding hydrogens is 325 g/mol. The minimum absolute atomic E-state index is 0.0695. The molecule has 4 nitrogen and oxygen atoms in total. The number of amides is 1. The van der Waals surface area contributed by atoms with Gasteiger partial charge in [-0.2, -0.15) is 0 Å².